The van der Waals surface area contributed by atoms with Crippen molar-refractivity contribution >= 4 is 52.3 Å². The van der Waals surface area contributed by atoms with E-state index >= 15 is 0 Å². The van der Waals surface area contributed by atoms with E-state index in [1.165, 1.54) is 6.08 Å². The van der Waals surface area contributed by atoms with Crippen LogP contribution in [-0.2, 0) is 9.63 Å². The zero-order valence-electron chi connectivity index (χ0n) is 10.8. The van der Waals surface area contributed by atoms with Crippen molar-refractivity contribution in [3.63, 3.8) is 0 Å². The van der Waals surface area contributed by atoms with Crippen LogP contribution >= 0.6 is 34.8 Å². The third-order valence-electron chi connectivity index (χ3n) is 2.87. The summed E-state index contributed by atoms with van der Waals surface area (Å²) in [5.74, 6) is -1.18. The summed E-state index contributed by atoms with van der Waals surface area (Å²) in [6.45, 7) is 1.60. The molecule has 4 nitrogen and oxygen atoms in total. The van der Waals surface area contributed by atoms with Gasteiger partial charge in [0, 0.05) is 0 Å². The number of hydrogen-bond acceptors (Lipinski definition) is 4. The molecule has 0 fully saturated rings. The molecule has 2 rings (SSSR count). The van der Waals surface area contributed by atoms with Gasteiger partial charge in [0.05, 0.1) is 5.56 Å². The first-order chi connectivity index (χ1) is 9.84. The molecule has 110 valence electrons. The van der Waals surface area contributed by atoms with Crippen LogP contribution in [0.5, 0.6) is 0 Å². The fourth-order valence-electron chi connectivity index (χ4n) is 1.70. The quantitative estimate of drug-likeness (QED) is 0.468. The van der Waals surface area contributed by atoms with Gasteiger partial charge in [0.15, 0.2) is 5.78 Å². The van der Waals surface area contributed by atoms with Gasteiger partial charge in [-0.1, -0.05) is 46.6 Å². The maximum absolute atomic E-state index is 11.8. The molecule has 1 aromatic rings. The highest BCUT2D eigenvalue weighted by atomic mass is 35.5. The maximum atomic E-state index is 11.8. The standard InChI is InChI=1S/C14H10Cl3NO3/c1-8-7-10(19)14(16,17)12(15)11(8)18-21-13(20)9-5-3-2-4-6-9/h2-7,12H,1H3/b18-11-. The average molecular weight is 347 g/mol. The summed E-state index contributed by atoms with van der Waals surface area (Å²) >= 11 is 17.8. The van der Waals surface area contributed by atoms with Crippen molar-refractivity contribution in [1.82, 2.24) is 0 Å². The first-order valence-electron chi connectivity index (χ1n) is 5.93. The van der Waals surface area contributed by atoms with Crippen molar-refractivity contribution in [3.8, 4) is 0 Å². The molecule has 0 heterocycles. The lowest BCUT2D eigenvalue weighted by atomic mass is 9.96. The number of oxime groups is 1. The molecule has 0 aliphatic heterocycles. The molecule has 1 atom stereocenters. The average Bonchev–Trinajstić information content (AvgIpc) is 2.46. The zero-order valence-corrected chi connectivity index (χ0v) is 13.1. The van der Waals surface area contributed by atoms with E-state index in [-0.39, 0.29) is 5.71 Å². The van der Waals surface area contributed by atoms with E-state index in [0.29, 0.717) is 11.1 Å². The van der Waals surface area contributed by atoms with Crippen LogP contribution in [0.1, 0.15) is 17.3 Å². The fourth-order valence-corrected chi connectivity index (χ4v) is 2.33. The molecule has 1 unspecified atom stereocenters. The molecular weight excluding hydrogens is 337 g/mol. The van der Waals surface area contributed by atoms with Crippen LogP contribution in [0.25, 0.3) is 0 Å². The van der Waals surface area contributed by atoms with E-state index in [0.717, 1.165) is 0 Å². The van der Waals surface area contributed by atoms with Crippen LogP contribution in [0, 0.1) is 0 Å². The second kappa shape index (κ2) is 6.18. The van der Waals surface area contributed by atoms with Gasteiger partial charge in [-0.05, 0) is 30.7 Å². The predicted molar refractivity (Wildman–Crippen MR) is 82.1 cm³/mol. The summed E-state index contributed by atoms with van der Waals surface area (Å²) in [5, 5.41) is 2.59. The Balaban J connectivity index is 2.23. The first-order valence-corrected chi connectivity index (χ1v) is 7.12. The number of rotatable bonds is 2. The normalized spacial score (nSPS) is 22.9. The third-order valence-corrected chi connectivity index (χ3v) is 4.44. The number of carbonyl (C=O) groups is 2. The van der Waals surface area contributed by atoms with E-state index in [9.17, 15) is 9.59 Å². The minimum atomic E-state index is -1.83. The first kappa shape index (κ1) is 16.0. The molecule has 0 aromatic heterocycles. The molecule has 0 spiro atoms. The molecule has 0 saturated heterocycles. The fraction of sp³-hybridized carbons (Fsp3) is 0.214. The van der Waals surface area contributed by atoms with Crippen molar-refractivity contribution in [2.24, 2.45) is 5.16 Å². The van der Waals surface area contributed by atoms with Crippen molar-refractivity contribution in [2.45, 2.75) is 16.6 Å². The Morgan fingerprint density at radius 1 is 1.29 bits per heavy atom. The van der Waals surface area contributed by atoms with E-state index in [4.69, 9.17) is 39.6 Å². The van der Waals surface area contributed by atoms with Gasteiger partial charge in [-0.15, -0.1) is 11.6 Å². The monoisotopic (exact) mass is 345 g/mol. The Kier molecular flexibility index (Phi) is 4.71. The SMILES string of the molecule is CC1=CC(=O)C(Cl)(Cl)C(Cl)/C1=N\OC(=O)c1ccccc1. The van der Waals surface area contributed by atoms with E-state index in [1.807, 2.05) is 0 Å². The summed E-state index contributed by atoms with van der Waals surface area (Å²) in [4.78, 5) is 28.3. The van der Waals surface area contributed by atoms with E-state index in [2.05, 4.69) is 5.16 Å². The van der Waals surface area contributed by atoms with Gasteiger partial charge in [-0.3, -0.25) is 4.79 Å². The third kappa shape index (κ3) is 3.28. The number of carbonyl (C=O) groups excluding carboxylic acids is 2. The Labute approximate surface area is 136 Å². The number of hydrogen-bond donors (Lipinski definition) is 0. The van der Waals surface area contributed by atoms with Crippen LogP contribution < -0.4 is 0 Å². The van der Waals surface area contributed by atoms with Gasteiger partial charge in [-0.2, -0.15) is 0 Å². The van der Waals surface area contributed by atoms with Gasteiger partial charge in [-0.25, -0.2) is 4.79 Å². The van der Waals surface area contributed by atoms with Gasteiger partial charge >= 0.3 is 5.97 Å². The topological polar surface area (TPSA) is 55.7 Å². The Bertz CT molecular complexity index is 638. The highest BCUT2D eigenvalue weighted by molar-refractivity contribution is 6.66. The van der Waals surface area contributed by atoms with Crippen molar-refractivity contribution in [1.29, 1.82) is 0 Å². The Morgan fingerprint density at radius 3 is 2.52 bits per heavy atom. The summed E-state index contributed by atoms with van der Waals surface area (Å²) in [5.41, 5.74) is 0.924. The lowest BCUT2D eigenvalue weighted by molar-refractivity contribution is -0.115. The molecule has 0 N–H and O–H groups in total. The van der Waals surface area contributed by atoms with Crippen LogP contribution in [0.3, 0.4) is 0 Å². The molecule has 7 heteroatoms. The molecule has 0 amide bonds. The van der Waals surface area contributed by atoms with Crippen LogP contribution in [0.2, 0.25) is 0 Å². The van der Waals surface area contributed by atoms with Gasteiger partial charge in [0.25, 0.3) is 0 Å². The number of nitrogens with zero attached hydrogens (tertiary/aromatic N) is 1. The molecule has 1 aliphatic rings. The van der Waals surface area contributed by atoms with Crippen molar-refractivity contribution < 1.29 is 14.4 Å². The number of allylic oxidation sites excluding steroid dienone is 2. The molecule has 0 radical (unpaired) electrons. The van der Waals surface area contributed by atoms with E-state index < -0.39 is 21.5 Å². The van der Waals surface area contributed by atoms with Crippen LogP contribution in [0.15, 0.2) is 47.1 Å². The summed E-state index contributed by atoms with van der Waals surface area (Å²) in [7, 11) is 0. The second-order valence-electron chi connectivity index (χ2n) is 4.40. The predicted octanol–water partition coefficient (Wildman–Crippen LogP) is 3.51. The van der Waals surface area contributed by atoms with E-state index in [1.54, 1.807) is 37.3 Å². The highest BCUT2D eigenvalue weighted by Crippen LogP contribution is 2.37. The minimum absolute atomic E-state index is 0.144. The molecule has 0 bridgehead atoms. The van der Waals surface area contributed by atoms with Gasteiger partial charge in [0.1, 0.15) is 11.1 Å². The molecule has 1 aliphatic carbocycles. The van der Waals surface area contributed by atoms with Crippen molar-refractivity contribution in [3.05, 3.63) is 47.5 Å². The maximum Gasteiger partial charge on any atom is 0.365 e. The van der Waals surface area contributed by atoms with Crippen LogP contribution in [-0.4, -0.2) is 27.2 Å². The number of halogens is 3. The van der Waals surface area contributed by atoms with Crippen LogP contribution in [0.4, 0.5) is 0 Å². The lowest BCUT2D eigenvalue weighted by Crippen LogP contribution is -2.44. The number of ketones is 1. The Hall–Kier alpha value is -1.36. The minimum Gasteiger partial charge on any atom is -0.312 e. The largest absolute Gasteiger partial charge is 0.365 e. The van der Waals surface area contributed by atoms with Gasteiger partial charge in [0.2, 0.25) is 4.33 Å². The van der Waals surface area contributed by atoms with Crippen molar-refractivity contribution in [2.75, 3.05) is 0 Å². The zero-order chi connectivity index (χ0) is 15.6. The molecule has 0 saturated carbocycles. The summed E-state index contributed by atoms with van der Waals surface area (Å²) in [6.07, 6.45) is 1.22. The lowest BCUT2D eigenvalue weighted by Gasteiger charge is -2.27. The molecule has 1 aromatic carbocycles. The smallest absolute Gasteiger partial charge is 0.312 e. The second-order valence-corrected chi connectivity index (χ2v) is 6.22. The number of benzene rings is 1. The van der Waals surface area contributed by atoms with Gasteiger partial charge < -0.3 is 4.84 Å². The summed E-state index contributed by atoms with van der Waals surface area (Å²) < 4.78 is -1.83. The Morgan fingerprint density at radius 2 is 1.90 bits per heavy atom. The summed E-state index contributed by atoms with van der Waals surface area (Å²) in [6, 6.07) is 8.33. The highest BCUT2D eigenvalue weighted by Gasteiger charge is 2.47. The molecular formula is C14H10Cl3NO3. The number of alkyl halides is 3. The molecule has 21 heavy (non-hydrogen) atoms.